The van der Waals surface area contributed by atoms with Crippen LogP contribution in [-0.4, -0.2) is 0 Å². The fourth-order valence-corrected chi connectivity index (χ4v) is 0.859. The summed E-state index contributed by atoms with van der Waals surface area (Å²) in [6.45, 7) is 3.44. The minimum atomic E-state index is 0.594. The van der Waals surface area contributed by atoms with E-state index in [1.54, 1.807) is 12.1 Å². The minimum Gasteiger partial charge on any atom is -0.128 e. The Labute approximate surface area is 70.3 Å². The number of benzene rings is 1. The van der Waals surface area contributed by atoms with Crippen molar-refractivity contribution in [3.05, 3.63) is 52.6 Å². The Morgan fingerprint density at radius 3 is 2.92 bits per heavy atom. The first kappa shape index (κ1) is 8.15. The molecular formula is C9H7N3. The Hall–Kier alpha value is -1.95. The van der Waals surface area contributed by atoms with Crippen LogP contribution in [-0.2, 0) is 0 Å². The summed E-state index contributed by atoms with van der Waals surface area (Å²) in [4.78, 5) is 2.71. The van der Waals surface area contributed by atoms with Gasteiger partial charge in [0.1, 0.15) is 0 Å². The second-order valence-corrected chi connectivity index (χ2v) is 2.10. The predicted octanol–water partition coefficient (Wildman–Crippen LogP) is 3.43. The standard InChI is InChI=1S/C9H7N3/c1-2-5-8-6-3-4-7-9(8)11-12-10/h3-7H,1H2. The van der Waals surface area contributed by atoms with Gasteiger partial charge in [0.2, 0.25) is 0 Å². The molecule has 0 unspecified atom stereocenters. The van der Waals surface area contributed by atoms with Crippen LogP contribution >= 0.6 is 0 Å². The Balaban J connectivity index is 3.25. The number of hydrogen-bond acceptors (Lipinski definition) is 1. The van der Waals surface area contributed by atoms with Crippen molar-refractivity contribution in [3.8, 4) is 0 Å². The third kappa shape index (κ3) is 1.77. The average Bonchev–Trinajstić information content (AvgIpc) is 2.09. The molecule has 0 N–H and O–H groups in total. The van der Waals surface area contributed by atoms with Gasteiger partial charge in [0.05, 0.1) is 0 Å². The molecule has 1 rings (SSSR count). The van der Waals surface area contributed by atoms with Crippen LogP contribution in [0.25, 0.3) is 16.5 Å². The molecule has 1 aromatic rings. The van der Waals surface area contributed by atoms with Gasteiger partial charge in [0.25, 0.3) is 0 Å². The Morgan fingerprint density at radius 2 is 2.25 bits per heavy atom. The number of hydrogen-bond donors (Lipinski definition) is 0. The lowest BCUT2D eigenvalue weighted by Crippen LogP contribution is -1.70. The molecule has 0 aliphatic heterocycles. The SMILES string of the molecule is C=C=Cc1ccccc1N=[N+]=[N-]. The summed E-state index contributed by atoms with van der Waals surface area (Å²) in [5.74, 6) is 0. The first-order chi connectivity index (χ1) is 5.88. The van der Waals surface area contributed by atoms with Gasteiger partial charge in [-0.15, -0.1) is 5.73 Å². The van der Waals surface area contributed by atoms with E-state index in [0.29, 0.717) is 5.69 Å². The molecule has 3 heteroatoms. The molecule has 3 nitrogen and oxygen atoms in total. The van der Waals surface area contributed by atoms with Crippen LogP contribution in [0.5, 0.6) is 0 Å². The van der Waals surface area contributed by atoms with Crippen molar-refractivity contribution in [1.82, 2.24) is 0 Å². The van der Waals surface area contributed by atoms with Crippen molar-refractivity contribution in [2.24, 2.45) is 5.11 Å². The van der Waals surface area contributed by atoms with Crippen LogP contribution < -0.4 is 0 Å². The van der Waals surface area contributed by atoms with Crippen LogP contribution in [0.1, 0.15) is 5.56 Å². The van der Waals surface area contributed by atoms with Crippen molar-refractivity contribution in [2.75, 3.05) is 0 Å². The number of rotatable bonds is 2. The molecule has 58 valence electrons. The minimum absolute atomic E-state index is 0.594. The maximum absolute atomic E-state index is 8.22. The fraction of sp³-hybridized carbons (Fsp3) is 0. The molecule has 0 atom stereocenters. The van der Waals surface area contributed by atoms with Gasteiger partial charge in [-0.3, -0.25) is 0 Å². The third-order valence-corrected chi connectivity index (χ3v) is 1.35. The molecule has 0 saturated carbocycles. The predicted molar refractivity (Wildman–Crippen MR) is 48.9 cm³/mol. The van der Waals surface area contributed by atoms with Gasteiger partial charge in [-0.1, -0.05) is 36.0 Å². The van der Waals surface area contributed by atoms with Crippen molar-refractivity contribution in [2.45, 2.75) is 0 Å². The zero-order chi connectivity index (χ0) is 8.81. The number of azide groups is 1. The summed E-state index contributed by atoms with van der Waals surface area (Å²) < 4.78 is 0. The van der Waals surface area contributed by atoms with E-state index < -0.39 is 0 Å². The molecule has 0 aromatic heterocycles. The van der Waals surface area contributed by atoms with Gasteiger partial charge in [-0.25, -0.2) is 0 Å². The zero-order valence-corrected chi connectivity index (χ0v) is 6.44. The topological polar surface area (TPSA) is 48.8 Å². The summed E-state index contributed by atoms with van der Waals surface area (Å²) in [6.07, 6.45) is 1.67. The highest BCUT2D eigenvalue weighted by molar-refractivity contribution is 5.62. The molecule has 0 aliphatic rings. The second-order valence-electron chi connectivity index (χ2n) is 2.10. The highest BCUT2D eigenvalue weighted by Gasteiger charge is 1.92. The van der Waals surface area contributed by atoms with Crippen molar-refractivity contribution in [3.63, 3.8) is 0 Å². The Bertz CT molecular complexity index is 332. The van der Waals surface area contributed by atoms with Gasteiger partial charge in [-0.05, 0) is 17.2 Å². The molecule has 0 amide bonds. The third-order valence-electron chi connectivity index (χ3n) is 1.35. The van der Waals surface area contributed by atoms with E-state index >= 15 is 0 Å². The van der Waals surface area contributed by atoms with E-state index in [9.17, 15) is 0 Å². The molecule has 0 aliphatic carbocycles. The maximum Gasteiger partial charge on any atom is 0.0453 e. The average molecular weight is 157 g/mol. The summed E-state index contributed by atoms with van der Waals surface area (Å²) in [5.41, 5.74) is 12.3. The highest BCUT2D eigenvalue weighted by atomic mass is 15.1. The lowest BCUT2D eigenvalue weighted by atomic mass is 10.2. The molecule has 0 radical (unpaired) electrons. The molecular weight excluding hydrogens is 150 g/mol. The monoisotopic (exact) mass is 157 g/mol. The highest BCUT2D eigenvalue weighted by Crippen LogP contribution is 2.19. The van der Waals surface area contributed by atoms with Gasteiger partial charge in [0, 0.05) is 10.6 Å². The summed E-state index contributed by atoms with van der Waals surface area (Å²) in [7, 11) is 0. The van der Waals surface area contributed by atoms with Crippen LogP contribution in [0.4, 0.5) is 5.69 Å². The van der Waals surface area contributed by atoms with E-state index in [1.165, 1.54) is 0 Å². The molecule has 12 heavy (non-hydrogen) atoms. The lowest BCUT2D eigenvalue weighted by Gasteiger charge is -1.95. The second kappa shape index (κ2) is 4.04. The molecule has 0 spiro atoms. The largest absolute Gasteiger partial charge is 0.128 e. The maximum atomic E-state index is 8.22. The Kier molecular flexibility index (Phi) is 2.74. The first-order valence-electron chi connectivity index (χ1n) is 3.38. The van der Waals surface area contributed by atoms with Crippen LogP contribution in [0, 0.1) is 0 Å². The fourth-order valence-electron chi connectivity index (χ4n) is 0.859. The molecule has 0 saturated heterocycles. The molecule has 0 heterocycles. The molecule has 0 bridgehead atoms. The van der Waals surface area contributed by atoms with Gasteiger partial charge in [-0.2, -0.15) is 0 Å². The summed E-state index contributed by atoms with van der Waals surface area (Å²) in [5, 5.41) is 3.51. The molecule has 1 aromatic carbocycles. The first-order valence-corrected chi connectivity index (χ1v) is 3.38. The molecule has 0 fully saturated rings. The van der Waals surface area contributed by atoms with Crippen molar-refractivity contribution >= 4 is 11.8 Å². The van der Waals surface area contributed by atoms with Crippen LogP contribution in [0.3, 0.4) is 0 Å². The summed E-state index contributed by atoms with van der Waals surface area (Å²) >= 11 is 0. The summed E-state index contributed by atoms with van der Waals surface area (Å²) in [6, 6.07) is 7.25. The van der Waals surface area contributed by atoms with E-state index in [4.69, 9.17) is 5.53 Å². The van der Waals surface area contributed by atoms with Crippen molar-refractivity contribution in [1.29, 1.82) is 0 Å². The van der Waals surface area contributed by atoms with E-state index in [0.717, 1.165) is 5.56 Å². The van der Waals surface area contributed by atoms with Gasteiger partial charge >= 0.3 is 0 Å². The van der Waals surface area contributed by atoms with Gasteiger partial charge < -0.3 is 0 Å². The van der Waals surface area contributed by atoms with Gasteiger partial charge in [0.15, 0.2) is 0 Å². The quantitative estimate of drug-likeness (QED) is 0.273. The smallest absolute Gasteiger partial charge is 0.0453 e. The Morgan fingerprint density at radius 1 is 1.50 bits per heavy atom. The van der Waals surface area contributed by atoms with Crippen LogP contribution in [0.15, 0.2) is 41.7 Å². The van der Waals surface area contributed by atoms with Crippen LogP contribution in [0.2, 0.25) is 0 Å². The lowest BCUT2D eigenvalue weighted by molar-refractivity contribution is 1.46. The van der Waals surface area contributed by atoms with E-state index in [2.05, 4.69) is 22.3 Å². The number of nitrogens with zero attached hydrogens (tertiary/aromatic N) is 3. The van der Waals surface area contributed by atoms with Crippen molar-refractivity contribution < 1.29 is 0 Å². The van der Waals surface area contributed by atoms with E-state index in [1.807, 2.05) is 18.2 Å². The van der Waals surface area contributed by atoms with E-state index in [-0.39, 0.29) is 0 Å². The normalized spacial score (nSPS) is 8.00. The zero-order valence-electron chi connectivity index (χ0n) is 6.44.